The molecule has 1 aromatic heterocycles. The molecule has 0 spiro atoms. The van der Waals surface area contributed by atoms with Gasteiger partial charge < -0.3 is 15.2 Å². The van der Waals surface area contributed by atoms with Crippen molar-refractivity contribution in [3.8, 4) is 0 Å². The smallest absolute Gasteiger partial charge is 0.252 e. The molecule has 1 aromatic carbocycles. The number of rotatable bonds is 4. The van der Waals surface area contributed by atoms with Crippen LogP contribution < -0.4 is 10.9 Å². The zero-order chi connectivity index (χ0) is 16.4. The summed E-state index contributed by atoms with van der Waals surface area (Å²) in [6.07, 6.45) is 1.36. The minimum atomic E-state index is 0.00639. The van der Waals surface area contributed by atoms with Crippen molar-refractivity contribution in [2.45, 2.75) is 18.6 Å². The Balaban J connectivity index is 1.90. The van der Waals surface area contributed by atoms with E-state index in [1.165, 1.54) is 0 Å². The number of thioether (sulfide) groups is 1. The van der Waals surface area contributed by atoms with Gasteiger partial charge in [-0.3, -0.25) is 9.59 Å². The average Bonchev–Trinajstić information content (AvgIpc) is 2.54. The fraction of sp³-hybridized carbons (Fsp3) is 0.412. The van der Waals surface area contributed by atoms with Crippen LogP contribution in [0.15, 0.2) is 23.0 Å². The van der Waals surface area contributed by atoms with Crippen molar-refractivity contribution in [1.82, 2.24) is 9.88 Å². The largest absolute Gasteiger partial charge is 0.326 e. The maximum absolute atomic E-state index is 12.1. The molecule has 0 atom stereocenters. The van der Waals surface area contributed by atoms with Crippen LogP contribution in [0.4, 0.5) is 5.69 Å². The van der Waals surface area contributed by atoms with Gasteiger partial charge in [0.15, 0.2) is 0 Å². The summed E-state index contributed by atoms with van der Waals surface area (Å²) in [5, 5.41) is 3.99. The fourth-order valence-corrected chi connectivity index (χ4v) is 3.82. The molecular formula is C17H21N3O2S. The summed E-state index contributed by atoms with van der Waals surface area (Å²) in [6, 6.07) is 5.70. The SMILES string of the molecule is CN(C)CCC(=O)Nc1ccc2[nH]c(=O)c3c(c2c1)CCSC3. The molecule has 3 rings (SSSR count). The van der Waals surface area contributed by atoms with Gasteiger partial charge in [-0.1, -0.05) is 0 Å². The molecule has 5 nitrogen and oxygen atoms in total. The van der Waals surface area contributed by atoms with Crippen molar-refractivity contribution in [2.24, 2.45) is 0 Å². The Kier molecular flexibility index (Phi) is 4.73. The van der Waals surface area contributed by atoms with Gasteiger partial charge in [0.05, 0.1) is 0 Å². The second kappa shape index (κ2) is 6.76. The van der Waals surface area contributed by atoms with E-state index >= 15 is 0 Å². The van der Waals surface area contributed by atoms with E-state index in [2.05, 4.69) is 10.3 Å². The van der Waals surface area contributed by atoms with Gasteiger partial charge in [0, 0.05) is 40.9 Å². The number of carbonyl (C=O) groups excluding carboxylic acids is 1. The van der Waals surface area contributed by atoms with E-state index in [1.807, 2.05) is 37.2 Å². The van der Waals surface area contributed by atoms with Crippen LogP contribution in [-0.4, -0.2) is 42.2 Å². The zero-order valence-electron chi connectivity index (χ0n) is 13.4. The lowest BCUT2D eigenvalue weighted by Crippen LogP contribution is -2.21. The lowest BCUT2D eigenvalue weighted by Gasteiger charge is -2.17. The predicted octanol–water partition coefficient (Wildman–Crippen LogP) is 2.21. The highest BCUT2D eigenvalue weighted by atomic mass is 32.2. The van der Waals surface area contributed by atoms with E-state index in [4.69, 9.17) is 0 Å². The van der Waals surface area contributed by atoms with Crippen LogP contribution >= 0.6 is 11.8 Å². The number of fused-ring (bicyclic) bond motifs is 3. The number of anilines is 1. The summed E-state index contributed by atoms with van der Waals surface area (Å²) in [5.41, 5.74) is 3.65. The standard InChI is InChI=1S/C17H21N3O2S/c1-20(2)7-5-16(21)18-11-3-4-15-13(9-11)12-6-8-23-10-14(12)17(22)19-15/h3-4,9H,5-8,10H2,1-2H3,(H,18,21)(H,19,22). The topological polar surface area (TPSA) is 65.2 Å². The molecule has 23 heavy (non-hydrogen) atoms. The Labute approximate surface area is 139 Å². The maximum Gasteiger partial charge on any atom is 0.252 e. The third-order valence-electron chi connectivity index (χ3n) is 4.04. The highest BCUT2D eigenvalue weighted by Crippen LogP contribution is 2.29. The van der Waals surface area contributed by atoms with Gasteiger partial charge in [0.1, 0.15) is 0 Å². The Hall–Kier alpha value is -1.79. The average molecular weight is 331 g/mol. The van der Waals surface area contributed by atoms with Gasteiger partial charge in [0.25, 0.3) is 5.56 Å². The summed E-state index contributed by atoms with van der Waals surface area (Å²) in [7, 11) is 3.90. The number of pyridine rings is 1. The van der Waals surface area contributed by atoms with E-state index in [9.17, 15) is 9.59 Å². The molecule has 0 fully saturated rings. The number of benzene rings is 1. The first kappa shape index (κ1) is 16.1. The van der Waals surface area contributed by atoms with Crippen molar-refractivity contribution >= 4 is 34.3 Å². The van der Waals surface area contributed by atoms with Crippen LogP contribution in [0.2, 0.25) is 0 Å². The molecule has 2 aromatic rings. The van der Waals surface area contributed by atoms with Gasteiger partial charge in [0.2, 0.25) is 5.91 Å². The molecular weight excluding hydrogens is 310 g/mol. The van der Waals surface area contributed by atoms with Crippen molar-refractivity contribution in [2.75, 3.05) is 31.7 Å². The summed E-state index contributed by atoms with van der Waals surface area (Å²) in [5.74, 6) is 1.80. The molecule has 6 heteroatoms. The number of amides is 1. The second-order valence-electron chi connectivity index (χ2n) is 6.08. The van der Waals surface area contributed by atoms with Gasteiger partial charge in [-0.2, -0.15) is 11.8 Å². The summed E-state index contributed by atoms with van der Waals surface area (Å²) >= 11 is 1.79. The molecule has 1 aliphatic heterocycles. The summed E-state index contributed by atoms with van der Waals surface area (Å²) in [6.45, 7) is 0.722. The van der Waals surface area contributed by atoms with E-state index in [0.717, 1.165) is 52.2 Å². The van der Waals surface area contributed by atoms with Gasteiger partial charge >= 0.3 is 0 Å². The van der Waals surface area contributed by atoms with Gasteiger partial charge in [-0.15, -0.1) is 0 Å². The van der Waals surface area contributed by atoms with Gasteiger partial charge in [-0.25, -0.2) is 0 Å². The summed E-state index contributed by atoms with van der Waals surface area (Å²) < 4.78 is 0. The predicted molar refractivity (Wildman–Crippen MR) is 96.2 cm³/mol. The van der Waals surface area contributed by atoms with Crippen LogP contribution in [0.3, 0.4) is 0 Å². The quantitative estimate of drug-likeness (QED) is 0.901. The monoisotopic (exact) mass is 331 g/mol. The van der Waals surface area contributed by atoms with E-state index in [1.54, 1.807) is 11.8 Å². The lowest BCUT2D eigenvalue weighted by molar-refractivity contribution is -0.116. The first-order valence-electron chi connectivity index (χ1n) is 7.74. The number of hydrogen-bond acceptors (Lipinski definition) is 4. The van der Waals surface area contributed by atoms with Crippen molar-refractivity contribution < 1.29 is 4.79 Å². The third kappa shape index (κ3) is 3.59. The molecule has 0 bridgehead atoms. The Morgan fingerprint density at radius 2 is 2.17 bits per heavy atom. The first-order valence-corrected chi connectivity index (χ1v) is 8.90. The van der Waals surface area contributed by atoms with E-state index in [-0.39, 0.29) is 11.5 Å². The Morgan fingerprint density at radius 3 is 2.96 bits per heavy atom. The lowest BCUT2D eigenvalue weighted by atomic mass is 10.0. The van der Waals surface area contributed by atoms with Gasteiger partial charge in [-0.05, 0) is 50.0 Å². The van der Waals surface area contributed by atoms with Crippen LogP contribution in [0.5, 0.6) is 0 Å². The number of hydrogen-bond donors (Lipinski definition) is 2. The number of nitrogens with zero attached hydrogens (tertiary/aromatic N) is 1. The molecule has 0 radical (unpaired) electrons. The first-order chi connectivity index (χ1) is 11.0. The molecule has 0 saturated heterocycles. The van der Waals surface area contributed by atoms with Crippen LogP contribution in [0.1, 0.15) is 17.5 Å². The fourth-order valence-electron chi connectivity index (χ4n) is 2.81. The Morgan fingerprint density at radius 1 is 1.35 bits per heavy atom. The highest BCUT2D eigenvalue weighted by molar-refractivity contribution is 7.98. The van der Waals surface area contributed by atoms with Crippen molar-refractivity contribution in [3.05, 3.63) is 39.7 Å². The molecule has 122 valence electrons. The second-order valence-corrected chi connectivity index (χ2v) is 7.18. The molecule has 1 amide bonds. The minimum absolute atomic E-state index is 0.00639. The number of H-pyrrole nitrogens is 1. The molecule has 0 saturated carbocycles. The van der Waals surface area contributed by atoms with E-state index in [0.29, 0.717) is 6.42 Å². The normalized spacial score (nSPS) is 14.0. The van der Waals surface area contributed by atoms with Crippen LogP contribution in [-0.2, 0) is 17.0 Å². The van der Waals surface area contributed by atoms with Crippen molar-refractivity contribution in [3.63, 3.8) is 0 Å². The maximum atomic E-state index is 12.1. The molecule has 1 aliphatic rings. The minimum Gasteiger partial charge on any atom is -0.326 e. The zero-order valence-corrected chi connectivity index (χ0v) is 14.3. The third-order valence-corrected chi connectivity index (χ3v) is 5.03. The van der Waals surface area contributed by atoms with E-state index < -0.39 is 0 Å². The molecule has 2 heterocycles. The molecule has 2 N–H and O–H groups in total. The number of aryl methyl sites for hydroxylation is 1. The van der Waals surface area contributed by atoms with Crippen LogP contribution in [0.25, 0.3) is 10.9 Å². The highest BCUT2D eigenvalue weighted by Gasteiger charge is 2.17. The molecule has 0 aliphatic carbocycles. The van der Waals surface area contributed by atoms with Crippen LogP contribution in [0, 0.1) is 0 Å². The number of nitrogens with one attached hydrogen (secondary N) is 2. The number of carbonyl (C=O) groups is 1. The summed E-state index contributed by atoms with van der Waals surface area (Å²) in [4.78, 5) is 29.1. The van der Waals surface area contributed by atoms with Crippen molar-refractivity contribution in [1.29, 1.82) is 0 Å². The number of aromatic nitrogens is 1. The molecule has 0 unspecified atom stereocenters. The number of aromatic amines is 1. The Bertz CT molecular complexity index is 798.